The molecule has 0 aliphatic carbocycles. The first-order valence-electron chi connectivity index (χ1n) is 9.13. The van der Waals surface area contributed by atoms with E-state index in [9.17, 15) is 4.79 Å². The molecule has 0 bridgehead atoms. The van der Waals surface area contributed by atoms with Crippen LogP contribution >= 0.6 is 0 Å². The van der Waals surface area contributed by atoms with Crippen molar-refractivity contribution in [3.05, 3.63) is 59.7 Å². The summed E-state index contributed by atoms with van der Waals surface area (Å²) in [5.41, 5.74) is 9.23. The van der Waals surface area contributed by atoms with Gasteiger partial charge in [-0.15, -0.1) is 0 Å². The molecule has 0 saturated carbocycles. The molecule has 0 aliphatic rings. The van der Waals surface area contributed by atoms with Crippen LogP contribution in [0.1, 0.15) is 43.7 Å². The SMILES string of the molecule is CCC(C)c1ccc(OCCCOc2ccccc2/C=N/NC(N)=O)cc1. The number of para-hydroxylation sites is 1. The zero-order valence-electron chi connectivity index (χ0n) is 15.9. The molecule has 0 spiro atoms. The molecular weight excluding hydrogens is 342 g/mol. The summed E-state index contributed by atoms with van der Waals surface area (Å²) in [6.45, 7) is 5.49. The second-order valence-electron chi connectivity index (χ2n) is 6.20. The molecular formula is C21H27N3O3. The van der Waals surface area contributed by atoms with Gasteiger partial charge >= 0.3 is 6.03 Å². The maximum Gasteiger partial charge on any atom is 0.332 e. The number of hydrogen-bond donors (Lipinski definition) is 2. The predicted molar refractivity (Wildman–Crippen MR) is 108 cm³/mol. The van der Waals surface area contributed by atoms with E-state index >= 15 is 0 Å². The fourth-order valence-corrected chi connectivity index (χ4v) is 2.44. The summed E-state index contributed by atoms with van der Waals surface area (Å²) in [6.07, 6.45) is 3.37. The molecule has 0 heterocycles. The van der Waals surface area contributed by atoms with Gasteiger partial charge in [-0.2, -0.15) is 5.10 Å². The number of rotatable bonds is 10. The van der Waals surface area contributed by atoms with Crippen LogP contribution in [0.4, 0.5) is 4.79 Å². The first-order valence-corrected chi connectivity index (χ1v) is 9.13. The topological polar surface area (TPSA) is 85.9 Å². The van der Waals surface area contributed by atoms with Crippen LogP contribution in [-0.2, 0) is 0 Å². The van der Waals surface area contributed by atoms with Crippen molar-refractivity contribution in [1.29, 1.82) is 0 Å². The highest BCUT2D eigenvalue weighted by Crippen LogP contribution is 2.21. The van der Waals surface area contributed by atoms with Crippen molar-refractivity contribution < 1.29 is 14.3 Å². The van der Waals surface area contributed by atoms with E-state index in [4.69, 9.17) is 15.2 Å². The summed E-state index contributed by atoms with van der Waals surface area (Å²) in [5.74, 6) is 2.12. The molecule has 0 radical (unpaired) electrons. The lowest BCUT2D eigenvalue weighted by Gasteiger charge is -2.11. The van der Waals surface area contributed by atoms with Crippen molar-refractivity contribution in [2.24, 2.45) is 10.8 Å². The quantitative estimate of drug-likeness (QED) is 0.376. The highest BCUT2D eigenvalue weighted by atomic mass is 16.5. The van der Waals surface area contributed by atoms with Crippen molar-refractivity contribution in [3.8, 4) is 11.5 Å². The smallest absolute Gasteiger partial charge is 0.332 e. The second-order valence-corrected chi connectivity index (χ2v) is 6.20. The fourth-order valence-electron chi connectivity index (χ4n) is 2.44. The summed E-state index contributed by atoms with van der Waals surface area (Å²) in [5, 5.41) is 3.76. The third-order valence-corrected chi connectivity index (χ3v) is 4.17. The molecule has 1 unspecified atom stereocenters. The number of nitrogens with two attached hydrogens (primary N) is 1. The van der Waals surface area contributed by atoms with E-state index in [1.54, 1.807) is 0 Å². The van der Waals surface area contributed by atoms with Gasteiger partial charge in [0.15, 0.2) is 0 Å². The molecule has 27 heavy (non-hydrogen) atoms. The van der Waals surface area contributed by atoms with E-state index in [0.29, 0.717) is 24.9 Å². The van der Waals surface area contributed by atoms with Gasteiger partial charge in [0.25, 0.3) is 0 Å². The highest BCUT2D eigenvalue weighted by Gasteiger charge is 2.03. The number of urea groups is 1. The molecule has 1 atom stereocenters. The lowest BCUT2D eigenvalue weighted by atomic mass is 9.99. The van der Waals surface area contributed by atoms with E-state index in [0.717, 1.165) is 24.2 Å². The molecule has 6 heteroatoms. The van der Waals surface area contributed by atoms with E-state index in [-0.39, 0.29) is 0 Å². The van der Waals surface area contributed by atoms with Gasteiger partial charge in [0.2, 0.25) is 0 Å². The highest BCUT2D eigenvalue weighted by molar-refractivity contribution is 5.84. The Labute approximate surface area is 160 Å². The van der Waals surface area contributed by atoms with Gasteiger partial charge in [-0.1, -0.05) is 38.1 Å². The van der Waals surface area contributed by atoms with E-state index in [1.165, 1.54) is 11.8 Å². The maximum absolute atomic E-state index is 10.7. The van der Waals surface area contributed by atoms with Crippen LogP contribution in [0.3, 0.4) is 0 Å². The number of ether oxygens (including phenoxy) is 2. The van der Waals surface area contributed by atoms with Crippen LogP contribution in [0.5, 0.6) is 11.5 Å². The number of nitrogens with zero attached hydrogens (tertiary/aromatic N) is 1. The minimum atomic E-state index is -0.709. The molecule has 0 aliphatic heterocycles. The van der Waals surface area contributed by atoms with Gasteiger partial charge < -0.3 is 15.2 Å². The van der Waals surface area contributed by atoms with Crippen LogP contribution in [0.2, 0.25) is 0 Å². The molecule has 0 fully saturated rings. The molecule has 3 N–H and O–H groups in total. The predicted octanol–water partition coefficient (Wildman–Crippen LogP) is 4.05. The Morgan fingerprint density at radius 2 is 1.85 bits per heavy atom. The molecule has 6 nitrogen and oxygen atoms in total. The van der Waals surface area contributed by atoms with Crippen LogP contribution in [-0.4, -0.2) is 25.5 Å². The minimum absolute atomic E-state index is 0.513. The first kappa shape index (κ1) is 20.3. The summed E-state index contributed by atoms with van der Waals surface area (Å²) >= 11 is 0. The standard InChI is InChI=1S/C21H27N3O3/c1-3-16(2)17-9-11-19(12-10-17)26-13-6-14-27-20-8-5-4-7-18(20)15-23-24-21(22)25/h4-5,7-12,15-16H,3,6,13-14H2,1-2H3,(H3,22,24,25)/b23-15+. The summed E-state index contributed by atoms with van der Waals surface area (Å²) < 4.78 is 11.5. The van der Waals surface area contributed by atoms with Gasteiger partial charge in [-0.3, -0.25) is 0 Å². The Kier molecular flexibility index (Phi) is 8.16. The molecule has 2 aromatic carbocycles. The van der Waals surface area contributed by atoms with Gasteiger partial charge in [0.1, 0.15) is 11.5 Å². The van der Waals surface area contributed by atoms with Gasteiger partial charge in [-0.25, -0.2) is 10.2 Å². The molecule has 144 valence electrons. The van der Waals surface area contributed by atoms with Crippen LogP contribution in [0, 0.1) is 0 Å². The lowest BCUT2D eigenvalue weighted by molar-refractivity contribution is 0.247. The van der Waals surface area contributed by atoms with Gasteiger partial charge in [0.05, 0.1) is 19.4 Å². The Hall–Kier alpha value is -3.02. The number of amides is 2. The number of carbonyl (C=O) groups is 1. The van der Waals surface area contributed by atoms with Crippen molar-refractivity contribution in [3.63, 3.8) is 0 Å². The van der Waals surface area contributed by atoms with Crippen molar-refractivity contribution >= 4 is 12.2 Å². The van der Waals surface area contributed by atoms with Crippen LogP contribution in [0.15, 0.2) is 53.6 Å². The molecule has 0 aromatic heterocycles. The Balaban J connectivity index is 1.75. The van der Waals surface area contributed by atoms with Crippen LogP contribution < -0.4 is 20.6 Å². The summed E-state index contributed by atoms with van der Waals surface area (Å²) in [7, 11) is 0. The zero-order valence-corrected chi connectivity index (χ0v) is 15.9. The van der Waals surface area contributed by atoms with Crippen molar-refractivity contribution in [1.82, 2.24) is 5.43 Å². The van der Waals surface area contributed by atoms with Gasteiger partial charge in [0, 0.05) is 12.0 Å². The largest absolute Gasteiger partial charge is 0.493 e. The van der Waals surface area contributed by atoms with Crippen molar-refractivity contribution in [2.75, 3.05) is 13.2 Å². The minimum Gasteiger partial charge on any atom is -0.493 e. The summed E-state index contributed by atoms with van der Waals surface area (Å²) in [6, 6.07) is 15.0. The van der Waals surface area contributed by atoms with Crippen molar-refractivity contribution in [2.45, 2.75) is 32.6 Å². The molecule has 2 aromatic rings. The average Bonchev–Trinajstić information content (AvgIpc) is 2.68. The zero-order chi connectivity index (χ0) is 19.5. The second kappa shape index (κ2) is 10.9. The maximum atomic E-state index is 10.7. The number of hydrazone groups is 1. The molecule has 2 amide bonds. The lowest BCUT2D eigenvalue weighted by Crippen LogP contribution is -2.24. The molecule has 2 rings (SSSR count). The monoisotopic (exact) mass is 369 g/mol. The number of primary amides is 1. The van der Waals surface area contributed by atoms with E-state index in [2.05, 4.69) is 36.5 Å². The number of nitrogens with one attached hydrogen (secondary N) is 1. The number of benzene rings is 2. The Morgan fingerprint density at radius 1 is 1.15 bits per heavy atom. The van der Waals surface area contributed by atoms with Gasteiger partial charge in [-0.05, 0) is 42.2 Å². The first-order chi connectivity index (χ1) is 13.1. The Bertz CT molecular complexity index is 745. The Morgan fingerprint density at radius 3 is 2.56 bits per heavy atom. The van der Waals surface area contributed by atoms with E-state index < -0.39 is 6.03 Å². The van der Waals surface area contributed by atoms with Crippen LogP contribution in [0.25, 0.3) is 0 Å². The third kappa shape index (κ3) is 7.01. The normalized spacial score (nSPS) is 11.9. The third-order valence-electron chi connectivity index (χ3n) is 4.17. The molecule has 0 saturated heterocycles. The summed E-state index contributed by atoms with van der Waals surface area (Å²) in [4.78, 5) is 10.7. The number of hydrogen-bond acceptors (Lipinski definition) is 4. The average molecular weight is 369 g/mol. The fraction of sp³-hybridized carbons (Fsp3) is 0.333. The number of carbonyl (C=O) groups excluding carboxylic acids is 1. The van der Waals surface area contributed by atoms with E-state index in [1.807, 2.05) is 36.4 Å².